The van der Waals surface area contributed by atoms with Gasteiger partial charge < -0.3 is 5.11 Å². The topological polar surface area (TPSA) is 20.2 Å². The van der Waals surface area contributed by atoms with Crippen LogP contribution in [0.3, 0.4) is 0 Å². The Morgan fingerprint density at radius 2 is 1.94 bits per heavy atom. The summed E-state index contributed by atoms with van der Waals surface area (Å²) in [7, 11) is 0. The van der Waals surface area contributed by atoms with Crippen molar-refractivity contribution in [3.8, 4) is 0 Å². The molecule has 0 aromatic heterocycles. The Bertz CT molecular complexity index is 275. The first-order valence-electron chi connectivity index (χ1n) is 7.12. The average molecular weight is 236 g/mol. The SMILES string of the molecule is CC/C(C)=C/CC/C(C)=C/CC1CCCC1O. The number of aliphatic hydroxyl groups is 1. The lowest BCUT2D eigenvalue weighted by molar-refractivity contribution is 0.134. The van der Waals surface area contributed by atoms with Crippen LogP contribution in [-0.2, 0) is 0 Å². The monoisotopic (exact) mass is 236 g/mol. The fraction of sp³-hybridized carbons (Fsp3) is 0.750. The van der Waals surface area contributed by atoms with Crippen LogP contribution in [0.5, 0.6) is 0 Å². The summed E-state index contributed by atoms with van der Waals surface area (Å²) in [4.78, 5) is 0. The highest BCUT2D eigenvalue weighted by Crippen LogP contribution is 2.29. The quantitative estimate of drug-likeness (QED) is 0.667. The lowest BCUT2D eigenvalue weighted by Gasteiger charge is -2.12. The van der Waals surface area contributed by atoms with E-state index in [1.807, 2.05) is 0 Å². The van der Waals surface area contributed by atoms with Gasteiger partial charge in [-0.25, -0.2) is 0 Å². The van der Waals surface area contributed by atoms with Crippen molar-refractivity contribution in [3.05, 3.63) is 23.3 Å². The van der Waals surface area contributed by atoms with E-state index in [1.54, 1.807) is 0 Å². The van der Waals surface area contributed by atoms with Crippen LogP contribution in [0.2, 0.25) is 0 Å². The third kappa shape index (κ3) is 5.54. The zero-order chi connectivity index (χ0) is 12.7. The number of rotatable bonds is 6. The summed E-state index contributed by atoms with van der Waals surface area (Å²) in [6.45, 7) is 6.63. The predicted octanol–water partition coefficient (Wildman–Crippen LogP) is 4.62. The molecule has 0 radical (unpaired) electrons. The molecule has 0 aliphatic heterocycles. The van der Waals surface area contributed by atoms with Crippen LogP contribution in [0.25, 0.3) is 0 Å². The van der Waals surface area contributed by atoms with Crippen molar-refractivity contribution in [2.24, 2.45) is 5.92 Å². The molecule has 1 rings (SSSR count). The van der Waals surface area contributed by atoms with Crippen LogP contribution in [-0.4, -0.2) is 11.2 Å². The molecule has 2 unspecified atom stereocenters. The van der Waals surface area contributed by atoms with Gasteiger partial charge in [0.05, 0.1) is 6.10 Å². The molecule has 17 heavy (non-hydrogen) atoms. The third-order valence-corrected chi connectivity index (χ3v) is 3.98. The molecule has 2 atom stereocenters. The van der Waals surface area contributed by atoms with Gasteiger partial charge in [0.15, 0.2) is 0 Å². The second kappa shape index (κ2) is 7.71. The molecular formula is C16H28O. The van der Waals surface area contributed by atoms with E-state index < -0.39 is 0 Å². The first-order chi connectivity index (χ1) is 8.13. The van der Waals surface area contributed by atoms with Crippen LogP contribution >= 0.6 is 0 Å². The zero-order valence-corrected chi connectivity index (χ0v) is 11.7. The van der Waals surface area contributed by atoms with Gasteiger partial charge in [0.2, 0.25) is 0 Å². The summed E-state index contributed by atoms with van der Waals surface area (Å²) in [6, 6.07) is 0. The normalized spacial score (nSPS) is 26.6. The van der Waals surface area contributed by atoms with Gasteiger partial charge in [0, 0.05) is 0 Å². The molecule has 1 aliphatic rings. The van der Waals surface area contributed by atoms with Crippen molar-refractivity contribution in [2.45, 2.75) is 71.8 Å². The lowest BCUT2D eigenvalue weighted by Crippen LogP contribution is -2.11. The van der Waals surface area contributed by atoms with Crippen molar-refractivity contribution in [3.63, 3.8) is 0 Å². The van der Waals surface area contributed by atoms with Crippen molar-refractivity contribution >= 4 is 0 Å². The van der Waals surface area contributed by atoms with E-state index in [0.717, 1.165) is 25.7 Å². The molecule has 0 spiro atoms. The second-order valence-corrected chi connectivity index (χ2v) is 5.49. The Hall–Kier alpha value is -0.560. The fourth-order valence-corrected chi connectivity index (χ4v) is 2.44. The molecule has 0 aromatic rings. The van der Waals surface area contributed by atoms with Gasteiger partial charge in [-0.1, -0.05) is 36.6 Å². The lowest BCUT2D eigenvalue weighted by atomic mass is 9.99. The summed E-state index contributed by atoms with van der Waals surface area (Å²) in [5, 5.41) is 9.74. The molecule has 1 heteroatoms. The van der Waals surface area contributed by atoms with Gasteiger partial charge in [-0.15, -0.1) is 0 Å². The molecule has 1 saturated carbocycles. The van der Waals surface area contributed by atoms with E-state index in [0.29, 0.717) is 5.92 Å². The van der Waals surface area contributed by atoms with Gasteiger partial charge in [-0.2, -0.15) is 0 Å². The van der Waals surface area contributed by atoms with E-state index in [9.17, 15) is 5.11 Å². The summed E-state index contributed by atoms with van der Waals surface area (Å²) < 4.78 is 0. The molecular weight excluding hydrogens is 208 g/mol. The molecule has 0 saturated heterocycles. The Kier molecular flexibility index (Phi) is 6.57. The highest BCUT2D eigenvalue weighted by Gasteiger charge is 2.23. The molecule has 1 fully saturated rings. The van der Waals surface area contributed by atoms with Crippen LogP contribution in [0.4, 0.5) is 0 Å². The molecule has 1 N–H and O–H groups in total. The molecule has 98 valence electrons. The van der Waals surface area contributed by atoms with E-state index in [-0.39, 0.29) is 6.10 Å². The number of allylic oxidation sites excluding steroid dienone is 4. The van der Waals surface area contributed by atoms with Gasteiger partial charge in [-0.3, -0.25) is 0 Å². The number of hydrogen-bond acceptors (Lipinski definition) is 1. The minimum atomic E-state index is -0.0405. The van der Waals surface area contributed by atoms with Gasteiger partial charge in [0.1, 0.15) is 0 Å². The van der Waals surface area contributed by atoms with Gasteiger partial charge >= 0.3 is 0 Å². The molecule has 1 nitrogen and oxygen atoms in total. The number of hydrogen-bond donors (Lipinski definition) is 1. The standard InChI is InChI=1S/C16H28O/c1-4-13(2)7-5-8-14(3)11-12-15-9-6-10-16(15)17/h7,11,15-17H,4-6,8-10,12H2,1-3H3/b13-7+,14-11+. The minimum Gasteiger partial charge on any atom is -0.393 e. The maximum Gasteiger partial charge on any atom is 0.0571 e. The largest absolute Gasteiger partial charge is 0.393 e. The average Bonchev–Trinajstić information content (AvgIpc) is 2.72. The zero-order valence-electron chi connectivity index (χ0n) is 11.7. The number of aliphatic hydroxyl groups excluding tert-OH is 1. The summed E-state index contributed by atoms with van der Waals surface area (Å²) in [5.41, 5.74) is 2.97. The van der Waals surface area contributed by atoms with E-state index >= 15 is 0 Å². The van der Waals surface area contributed by atoms with E-state index in [1.165, 1.54) is 30.4 Å². The highest BCUT2D eigenvalue weighted by atomic mass is 16.3. The molecule has 0 bridgehead atoms. The van der Waals surface area contributed by atoms with Crippen molar-refractivity contribution in [2.75, 3.05) is 0 Å². The van der Waals surface area contributed by atoms with Crippen molar-refractivity contribution < 1.29 is 5.11 Å². The van der Waals surface area contributed by atoms with Crippen LogP contribution in [0, 0.1) is 5.92 Å². The highest BCUT2D eigenvalue weighted by molar-refractivity contribution is 5.04. The first kappa shape index (κ1) is 14.5. The molecule has 0 heterocycles. The Morgan fingerprint density at radius 1 is 1.18 bits per heavy atom. The van der Waals surface area contributed by atoms with E-state index in [2.05, 4.69) is 32.9 Å². The molecule has 0 aromatic carbocycles. The third-order valence-electron chi connectivity index (χ3n) is 3.98. The summed E-state index contributed by atoms with van der Waals surface area (Å²) >= 11 is 0. The minimum absolute atomic E-state index is 0.0405. The summed E-state index contributed by atoms with van der Waals surface area (Å²) in [5.74, 6) is 0.526. The Labute approximate surface area is 107 Å². The van der Waals surface area contributed by atoms with Crippen LogP contribution in [0.15, 0.2) is 23.3 Å². The van der Waals surface area contributed by atoms with Crippen molar-refractivity contribution in [1.82, 2.24) is 0 Å². The summed E-state index contributed by atoms with van der Waals surface area (Å²) in [6.07, 6.45) is 12.6. The van der Waals surface area contributed by atoms with Crippen LogP contribution in [0.1, 0.15) is 65.7 Å². The van der Waals surface area contributed by atoms with Gasteiger partial charge in [0.25, 0.3) is 0 Å². The van der Waals surface area contributed by atoms with Gasteiger partial charge in [-0.05, 0) is 58.3 Å². The molecule has 0 amide bonds. The smallest absolute Gasteiger partial charge is 0.0571 e. The van der Waals surface area contributed by atoms with Crippen molar-refractivity contribution in [1.29, 1.82) is 0 Å². The second-order valence-electron chi connectivity index (χ2n) is 5.49. The fourth-order valence-electron chi connectivity index (χ4n) is 2.44. The maximum atomic E-state index is 9.74. The first-order valence-corrected chi connectivity index (χ1v) is 7.12. The maximum absolute atomic E-state index is 9.74. The molecule has 1 aliphatic carbocycles. The Balaban J connectivity index is 2.25. The predicted molar refractivity (Wildman–Crippen MR) is 75.0 cm³/mol. The van der Waals surface area contributed by atoms with E-state index in [4.69, 9.17) is 0 Å². The Morgan fingerprint density at radius 3 is 2.53 bits per heavy atom. The van der Waals surface area contributed by atoms with Crippen LogP contribution < -0.4 is 0 Å².